The van der Waals surface area contributed by atoms with Gasteiger partial charge in [0.05, 0.1) is 6.42 Å². The van der Waals surface area contributed by atoms with Crippen LogP contribution in [0.15, 0.2) is 29.8 Å². The molecule has 0 spiro atoms. The van der Waals surface area contributed by atoms with Crippen LogP contribution in [-0.4, -0.2) is 27.3 Å². The molecule has 0 amide bonds. The standard InChI is InChI=1S/C11H10O5/c12-9-3-1-2-7(5-9)4-8(11(15)16)6-10(13)14/h1-5,12H,6H2,(H,13,14)(H,15,16)/b8-4-. The summed E-state index contributed by atoms with van der Waals surface area (Å²) >= 11 is 0. The Morgan fingerprint density at radius 1 is 1.25 bits per heavy atom. The lowest BCUT2D eigenvalue weighted by molar-refractivity contribution is -0.139. The number of carbonyl (C=O) groups is 2. The highest BCUT2D eigenvalue weighted by atomic mass is 16.4. The van der Waals surface area contributed by atoms with Gasteiger partial charge >= 0.3 is 11.9 Å². The molecular weight excluding hydrogens is 212 g/mol. The number of benzene rings is 1. The second kappa shape index (κ2) is 4.97. The average molecular weight is 222 g/mol. The van der Waals surface area contributed by atoms with E-state index < -0.39 is 18.4 Å². The molecule has 0 aromatic heterocycles. The van der Waals surface area contributed by atoms with Gasteiger partial charge in [0, 0.05) is 5.57 Å². The molecule has 84 valence electrons. The van der Waals surface area contributed by atoms with Crippen molar-refractivity contribution in [2.75, 3.05) is 0 Å². The Bertz CT molecular complexity index is 447. The van der Waals surface area contributed by atoms with Crippen molar-refractivity contribution in [2.24, 2.45) is 0 Å². The van der Waals surface area contributed by atoms with Crippen molar-refractivity contribution in [3.05, 3.63) is 35.4 Å². The largest absolute Gasteiger partial charge is 0.508 e. The molecule has 1 rings (SSSR count). The van der Waals surface area contributed by atoms with E-state index in [4.69, 9.17) is 15.3 Å². The first kappa shape index (κ1) is 11.8. The summed E-state index contributed by atoms with van der Waals surface area (Å²) in [4.78, 5) is 21.1. The average Bonchev–Trinajstić information content (AvgIpc) is 2.15. The van der Waals surface area contributed by atoms with Crippen molar-refractivity contribution in [3.63, 3.8) is 0 Å². The summed E-state index contributed by atoms with van der Waals surface area (Å²) in [6.07, 6.45) is 0.654. The molecule has 3 N–H and O–H groups in total. The number of phenolic OH excluding ortho intramolecular Hbond substituents is 1. The molecule has 5 heteroatoms. The Hall–Kier alpha value is -2.30. The molecule has 0 unspecified atom stereocenters. The lowest BCUT2D eigenvalue weighted by Gasteiger charge is -1.99. The third kappa shape index (κ3) is 3.45. The van der Waals surface area contributed by atoms with Crippen LogP contribution >= 0.6 is 0 Å². The van der Waals surface area contributed by atoms with Crippen LogP contribution in [0.2, 0.25) is 0 Å². The number of carboxylic acids is 2. The van der Waals surface area contributed by atoms with Gasteiger partial charge in [-0.3, -0.25) is 4.79 Å². The van der Waals surface area contributed by atoms with Crippen LogP contribution in [0.3, 0.4) is 0 Å². The number of phenols is 1. The molecule has 0 saturated carbocycles. The molecule has 0 fully saturated rings. The summed E-state index contributed by atoms with van der Waals surface area (Å²) in [5.41, 5.74) is 0.205. The monoisotopic (exact) mass is 222 g/mol. The van der Waals surface area contributed by atoms with Crippen LogP contribution in [0.25, 0.3) is 6.08 Å². The Morgan fingerprint density at radius 2 is 1.94 bits per heavy atom. The number of rotatable bonds is 4. The van der Waals surface area contributed by atoms with Gasteiger partial charge in [-0.25, -0.2) is 4.79 Å². The molecule has 0 aliphatic carbocycles. The van der Waals surface area contributed by atoms with Crippen LogP contribution in [0, 0.1) is 0 Å². The zero-order chi connectivity index (χ0) is 12.1. The van der Waals surface area contributed by atoms with E-state index in [-0.39, 0.29) is 11.3 Å². The minimum atomic E-state index is -1.29. The fourth-order valence-electron chi connectivity index (χ4n) is 1.17. The number of carboxylic acid groups (broad SMARTS) is 2. The summed E-state index contributed by atoms with van der Waals surface area (Å²) in [6.45, 7) is 0. The first-order valence-electron chi connectivity index (χ1n) is 4.43. The maximum atomic E-state index is 10.7. The van der Waals surface area contributed by atoms with Gasteiger partial charge in [0.15, 0.2) is 0 Å². The first-order chi connectivity index (χ1) is 7.49. The topological polar surface area (TPSA) is 94.8 Å². The van der Waals surface area contributed by atoms with Crippen molar-refractivity contribution in [1.29, 1.82) is 0 Å². The van der Waals surface area contributed by atoms with E-state index in [0.717, 1.165) is 0 Å². The zero-order valence-corrected chi connectivity index (χ0v) is 8.25. The van der Waals surface area contributed by atoms with E-state index in [9.17, 15) is 9.59 Å². The van der Waals surface area contributed by atoms with Crippen molar-refractivity contribution in [2.45, 2.75) is 6.42 Å². The normalized spacial score (nSPS) is 11.1. The van der Waals surface area contributed by atoms with Crippen LogP contribution < -0.4 is 0 Å². The molecule has 0 heterocycles. The Balaban J connectivity index is 3.02. The number of aromatic hydroxyl groups is 1. The van der Waals surface area contributed by atoms with Crippen molar-refractivity contribution in [3.8, 4) is 5.75 Å². The lowest BCUT2D eigenvalue weighted by Crippen LogP contribution is -2.06. The summed E-state index contributed by atoms with van der Waals surface area (Å²) in [6, 6.07) is 5.91. The van der Waals surface area contributed by atoms with Gasteiger partial charge in [-0.2, -0.15) is 0 Å². The predicted molar refractivity (Wildman–Crippen MR) is 56.0 cm³/mol. The van der Waals surface area contributed by atoms with E-state index in [2.05, 4.69) is 0 Å². The van der Waals surface area contributed by atoms with E-state index in [0.29, 0.717) is 5.56 Å². The van der Waals surface area contributed by atoms with E-state index >= 15 is 0 Å². The van der Waals surface area contributed by atoms with Gasteiger partial charge in [0.2, 0.25) is 0 Å². The van der Waals surface area contributed by atoms with Gasteiger partial charge < -0.3 is 15.3 Å². The van der Waals surface area contributed by atoms with E-state index in [1.165, 1.54) is 18.2 Å². The minimum absolute atomic E-state index is 0.00573. The number of hydrogen-bond donors (Lipinski definition) is 3. The Labute approximate surface area is 91.3 Å². The lowest BCUT2D eigenvalue weighted by atomic mass is 10.1. The quantitative estimate of drug-likeness (QED) is 0.668. The highest BCUT2D eigenvalue weighted by Crippen LogP contribution is 2.15. The minimum Gasteiger partial charge on any atom is -0.508 e. The van der Waals surface area contributed by atoms with Crippen LogP contribution in [-0.2, 0) is 9.59 Å². The maximum Gasteiger partial charge on any atom is 0.332 e. The van der Waals surface area contributed by atoms with Gasteiger partial charge in [-0.1, -0.05) is 12.1 Å². The summed E-state index contributed by atoms with van der Waals surface area (Å²) < 4.78 is 0. The summed E-state index contributed by atoms with van der Waals surface area (Å²) in [5.74, 6) is -2.51. The molecule has 16 heavy (non-hydrogen) atoms. The van der Waals surface area contributed by atoms with Crippen LogP contribution in [0.5, 0.6) is 5.75 Å². The van der Waals surface area contributed by atoms with Gasteiger partial charge in [0.25, 0.3) is 0 Å². The highest BCUT2D eigenvalue weighted by molar-refractivity contribution is 5.96. The van der Waals surface area contributed by atoms with Crippen LogP contribution in [0.4, 0.5) is 0 Å². The van der Waals surface area contributed by atoms with Crippen molar-refractivity contribution in [1.82, 2.24) is 0 Å². The Morgan fingerprint density at radius 3 is 2.44 bits per heavy atom. The predicted octanol–water partition coefficient (Wildman–Crippen LogP) is 1.33. The molecule has 0 radical (unpaired) electrons. The first-order valence-corrected chi connectivity index (χ1v) is 4.43. The molecule has 0 bridgehead atoms. The molecule has 0 saturated heterocycles. The van der Waals surface area contributed by atoms with E-state index in [1.54, 1.807) is 12.1 Å². The fraction of sp³-hybridized carbons (Fsp3) is 0.0909. The van der Waals surface area contributed by atoms with Gasteiger partial charge in [0.1, 0.15) is 5.75 Å². The maximum absolute atomic E-state index is 10.7. The fourth-order valence-corrected chi connectivity index (χ4v) is 1.17. The Kier molecular flexibility index (Phi) is 3.66. The summed E-state index contributed by atoms with van der Waals surface area (Å²) in [5, 5.41) is 26.4. The molecule has 1 aromatic carbocycles. The molecule has 5 nitrogen and oxygen atoms in total. The van der Waals surface area contributed by atoms with Gasteiger partial charge in [-0.05, 0) is 23.8 Å². The van der Waals surface area contributed by atoms with Crippen molar-refractivity contribution >= 4 is 18.0 Å². The van der Waals surface area contributed by atoms with Crippen LogP contribution in [0.1, 0.15) is 12.0 Å². The third-order valence-electron chi connectivity index (χ3n) is 1.83. The SMILES string of the molecule is O=C(O)C/C(=C/c1cccc(O)c1)C(=O)O. The second-order valence-corrected chi connectivity index (χ2v) is 3.14. The zero-order valence-electron chi connectivity index (χ0n) is 8.25. The molecule has 0 atom stereocenters. The number of hydrogen-bond acceptors (Lipinski definition) is 3. The van der Waals surface area contributed by atoms with E-state index in [1.807, 2.05) is 0 Å². The number of aliphatic carboxylic acids is 2. The third-order valence-corrected chi connectivity index (χ3v) is 1.83. The molecular formula is C11H10O5. The molecule has 1 aromatic rings. The smallest absolute Gasteiger partial charge is 0.332 e. The summed E-state index contributed by atoms with van der Waals surface area (Å²) in [7, 11) is 0. The van der Waals surface area contributed by atoms with Crippen molar-refractivity contribution < 1.29 is 24.9 Å². The molecule has 0 aliphatic rings. The van der Waals surface area contributed by atoms with Gasteiger partial charge in [-0.15, -0.1) is 0 Å². The molecule has 0 aliphatic heterocycles. The second-order valence-electron chi connectivity index (χ2n) is 3.14. The highest BCUT2D eigenvalue weighted by Gasteiger charge is 2.11.